The molecule has 1 heterocycles. The van der Waals surface area contributed by atoms with Gasteiger partial charge in [0.2, 0.25) is 0 Å². The highest BCUT2D eigenvalue weighted by molar-refractivity contribution is 5.94. The fourth-order valence-corrected chi connectivity index (χ4v) is 2.18. The standard InChI is InChI=1S/C14H23N3O2/c1-3-13(4-2)17(7-8-18)14(19)11-5-6-16-12(9-11)10-15/h5-6,9,13,18H,3-4,7-8,10,15H2,1-2H3. The molecule has 0 fully saturated rings. The highest BCUT2D eigenvalue weighted by Gasteiger charge is 2.22. The predicted octanol–water partition coefficient (Wildman–Crippen LogP) is 1.16. The first-order valence-corrected chi connectivity index (χ1v) is 6.74. The summed E-state index contributed by atoms with van der Waals surface area (Å²) in [6.07, 6.45) is 3.34. The third-order valence-corrected chi connectivity index (χ3v) is 3.26. The molecule has 0 bridgehead atoms. The van der Waals surface area contributed by atoms with E-state index in [1.165, 1.54) is 0 Å². The molecular formula is C14H23N3O2. The number of hydrogen-bond acceptors (Lipinski definition) is 4. The number of aromatic nitrogens is 1. The van der Waals surface area contributed by atoms with Crippen LogP contribution in [0.25, 0.3) is 0 Å². The average Bonchev–Trinajstić information content (AvgIpc) is 2.47. The first-order chi connectivity index (χ1) is 9.17. The van der Waals surface area contributed by atoms with E-state index in [0.717, 1.165) is 12.8 Å². The Bertz CT molecular complexity index is 405. The second-order valence-electron chi connectivity index (χ2n) is 4.43. The maximum absolute atomic E-state index is 12.5. The van der Waals surface area contributed by atoms with Crippen LogP contribution in [0.4, 0.5) is 0 Å². The fourth-order valence-electron chi connectivity index (χ4n) is 2.18. The lowest BCUT2D eigenvalue weighted by Gasteiger charge is -2.30. The molecule has 0 aromatic carbocycles. The van der Waals surface area contributed by atoms with E-state index < -0.39 is 0 Å². The van der Waals surface area contributed by atoms with E-state index in [9.17, 15) is 4.79 Å². The minimum absolute atomic E-state index is 0.0307. The van der Waals surface area contributed by atoms with E-state index in [0.29, 0.717) is 24.3 Å². The van der Waals surface area contributed by atoms with Crippen molar-refractivity contribution in [3.8, 4) is 0 Å². The largest absolute Gasteiger partial charge is 0.395 e. The Morgan fingerprint density at radius 3 is 2.68 bits per heavy atom. The Morgan fingerprint density at radius 2 is 2.16 bits per heavy atom. The summed E-state index contributed by atoms with van der Waals surface area (Å²) in [5.74, 6) is -0.0696. The summed E-state index contributed by atoms with van der Waals surface area (Å²) in [4.78, 5) is 18.3. The van der Waals surface area contributed by atoms with Gasteiger partial charge in [0.15, 0.2) is 0 Å². The first kappa shape index (κ1) is 15.6. The van der Waals surface area contributed by atoms with Gasteiger partial charge in [-0.2, -0.15) is 0 Å². The summed E-state index contributed by atoms with van der Waals surface area (Å²) >= 11 is 0. The number of rotatable bonds is 7. The van der Waals surface area contributed by atoms with E-state index in [4.69, 9.17) is 10.8 Å². The van der Waals surface area contributed by atoms with Crippen LogP contribution in [0, 0.1) is 0 Å². The first-order valence-electron chi connectivity index (χ1n) is 6.74. The van der Waals surface area contributed by atoms with Crippen LogP contribution in [-0.2, 0) is 6.54 Å². The van der Waals surface area contributed by atoms with Gasteiger partial charge < -0.3 is 15.7 Å². The summed E-state index contributed by atoms with van der Waals surface area (Å²) in [7, 11) is 0. The van der Waals surface area contributed by atoms with E-state index in [1.54, 1.807) is 23.2 Å². The van der Waals surface area contributed by atoms with Gasteiger partial charge in [-0.3, -0.25) is 9.78 Å². The molecule has 0 aliphatic carbocycles. The second kappa shape index (κ2) is 7.86. The third kappa shape index (κ3) is 4.01. The van der Waals surface area contributed by atoms with Gasteiger partial charge in [0, 0.05) is 30.9 Å². The number of aliphatic hydroxyl groups is 1. The summed E-state index contributed by atoms with van der Waals surface area (Å²) in [6, 6.07) is 3.55. The Labute approximate surface area is 114 Å². The minimum Gasteiger partial charge on any atom is -0.395 e. The molecule has 0 radical (unpaired) electrons. The van der Waals surface area contributed by atoms with Crippen LogP contribution in [0.15, 0.2) is 18.3 Å². The van der Waals surface area contributed by atoms with Gasteiger partial charge in [-0.15, -0.1) is 0 Å². The number of aliphatic hydroxyl groups excluding tert-OH is 1. The summed E-state index contributed by atoms with van der Waals surface area (Å²) in [5.41, 5.74) is 6.81. The van der Waals surface area contributed by atoms with Crippen molar-refractivity contribution < 1.29 is 9.90 Å². The van der Waals surface area contributed by atoms with Gasteiger partial charge in [-0.25, -0.2) is 0 Å². The molecule has 0 unspecified atom stereocenters. The maximum Gasteiger partial charge on any atom is 0.254 e. The van der Waals surface area contributed by atoms with E-state index in [-0.39, 0.29) is 18.6 Å². The molecular weight excluding hydrogens is 242 g/mol. The lowest BCUT2D eigenvalue weighted by Crippen LogP contribution is -2.41. The van der Waals surface area contributed by atoms with Crippen LogP contribution in [0.1, 0.15) is 42.7 Å². The average molecular weight is 265 g/mol. The van der Waals surface area contributed by atoms with Crippen LogP contribution in [0.2, 0.25) is 0 Å². The Kier molecular flexibility index (Phi) is 6.45. The molecule has 106 valence electrons. The van der Waals surface area contributed by atoms with Gasteiger partial charge in [0.25, 0.3) is 5.91 Å². The lowest BCUT2D eigenvalue weighted by molar-refractivity contribution is 0.0622. The SMILES string of the molecule is CCC(CC)N(CCO)C(=O)c1ccnc(CN)c1. The lowest BCUT2D eigenvalue weighted by atomic mass is 10.1. The molecule has 3 N–H and O–H groups in total. The molecule has 1 rings (SSSR count). The monoisotopic (exact) mass is 265 g/mol. The zero-order chi connectivity index (χ0) is 14.3. The summed E-state index contributed by atoms with van der Waals surface area (Å²) in [6.45, 7) is 4.72. The zero-order valence-electron chi connectivity index (χ0n) is 11.7. The van der Waals surface area contributed by atoms with Crippen molar-refractivity contribution >= 4 is 5.91 Å². The Balaban J connectivity index is 2.97. The second-order valence-corrected chi connectivity index (χ2v) is 4.43. The van der Waals surface area contributed by atoms with E-state index in [1.807, 2.05) is 13.8 Å². The number of nitrogens with zero attached hydrogens (tertiary/aromatic N) is 2. The number of amides is 1. The fraction of sp³-hybridized carbons (Fsp3) is 0.571. The van der Waals surface area contributed by atoms with Crippen LogP contribution < -0.4 is 5.73 Å². The van der Waals surface area contributed by atoms with Crippen LogP contribution in [0.3, 0.4) is 0 Å². The molecule has 0 saturated carbocycles. The molecule has 5 heteroatoms. The molecule has 5 nitrogen and oxygen atoms in total. The smallest absolute Gasteiger partial charge is 0.254 e. The molecule has 0 atom stereocenters. The molecule has 0 spiro atoms. The normalized spacial score (nSPS) is 10.8. The topological polar surface area (TPSA) is 79.5 Å². The molecule has 1 amide bonds. The quantitative estimate of drug-likeness (QED) is 0.775. The molecule has 1 aromatic rings. The van der Waals surface area contributed by atoms with E-state index in [2.05, 4.69) is 4.98 Å². The van der Waals surface area contributed by atoms with Crippen molar-refractivity contribution in [1.29, 1.82) is 0 Å². The third-order valence-electron chi connectivity index (χ3n) is 3.26. The molecule has 0 saturated heterocycles. The van der Waals surface area contributed by atoms with Crippen molar-refractivity contribution in [3.63, 3.8) is 0 Å². The van der Waals surface area contributed by atoms with Crippen molar-refractivity contribution in [1.82, 2.24) is 9.88 Å². The van der Waals surface area contributed by atoms with Crippen molar-refractivity contribution in [2.24, 2.45) is 5.73 Å². The van der Waals surface area contributed by atoms with Gasteiger partial charge in [0.1, 0.15) is 0 Å². The number of nitrogens with two attached hydrogens (primary N) is 1. The van der Waals surface area contributed by atoms with Crippen LogP contribution in [0.5, 0.6) is 0 Å². The van der Waals surface area contributed by atoms with Crippen molar-refractivity contribution in [2.75, 3.05) is 13.2 Å². The maximum atomic E-state index is 12.5. The highest BCUT2D eigenvalue weighted by atomic mass is 16.3. The van der Waals surface area contributed by atoms with Crippen molar-refractivity contribution in [3.05, 3.63) is 29.6 Å². The minimum atomic E-state index is -0.0696. The van der Waals surface area contributed by atoms with E-state index >= 15 is 0 Å². The summed E-state index contributed by atoms with van der Waals surface area (Å²) < 4.78 is 0. The summed E-state index contributed by atoms with van der Waals surface area (Å²) in [5, 5.41) is 9.15. The van der Waals surface area contributed by atoms with Gasteiger partial charge >= 0.3 is 0 Å². The van der Waals surface area contributed by atoms with Crippen molar-refractivity contribution in [2.45, 2.75) is 39.3 Å². The van der Waals surface area contributed by atoms with Crippen LogP contribution in [-0.4, -0.2) is 40.1 Å². The predicted molar refractivity (Wildman–Crippen MR) is 74.6 cm³/mol. The Morgan fingerprint density at radius 1 is 1.47 bits per heavy atom. The van der Waals surface area contributed by atoms with Gasteiger partial charge in [-0.1, -0.05) is 13.8 Å². The molecule has 19 heavy (non-hydrogen) atoms. The number of carbonyl (C=O) groups is 1. The molecule has 0 aliphatic rings. The van der Waals surface area contributed by atoms with Gasteiger partial charge in [0.05, 0.1) is 12.3 Å². The number of hydrogen-bond donors (Lipinski definition) is 2. The van der Waals surface area contributed by atoms with Crippen LogP contribution >= 0.6 is 0 Å². The molecule has 1 aromatic heterocycles. The highest BCUT2D eigenvalue weighted by Crippen LogP contribution is 2.13. The van der Waals surface area contributed by atoms with Gasteiger partial charge in [-0.05, 0) is 25.0 Å². The zero-order valence-corrected chi connectivity index (χ0v) is 11.7. The Hall–Kier alpha value is -1.46. The number of pyridine rings is 1. The number of carbonyl (C=O) groups excluding carboxylic acids is 1. The molecule has 0 aliphatic heterocycles.